The Labute approximate surface area is 336 Å². The van der Waals surface area contributed by atoms with Crippen molar-refractivity contribution in [3.05, 3.63) is 199 Å². The van der Waals surface area contributed by atoms with Gasteiger partial charge in [-0.2, -0.15) is 0 Å². The molecule has 11 aromatic rings. The SMILES string of the molecule is CC1(C)c2cc(-c3cccc4c5c6ccccc6c6ccccc6c5n(-c5nc(-c6ccccc6)cc(-c6ccccc6)n5)c34)ccc2-c2c1ccc1ccccc21. The highest BCUT2D eigenvalue weighted by molar-refractivity contribution is 6.33. The molecule has 0 atom stereocenters. The Morgan fingerprint density at radius 2 is 0.983 bits per heavy atom. The van der Waals surface area contributed by atoms with E-state index in [0.29, 0.717) is 5.95 Å². The number of para-hydroxylation sites is 1. The van der Waals surface area contributed by atoms with E-state index in [9.17, 15) is 0 Å². The van der Waals surface area contributed by atoms with Gasteiger partial charge in [-0.15, -0.1) is 0 Å². The molecular formula is C55H37N3. The van der Waals surface area contributed by atoms with Gasteiger partial charge in [-0.25, -0.2) is 9.97 Å². The zero-order valence-corrected chi connectivity index (χ0v) is 32.2. The highest BCUT2D eigenvalue weighted by Gasteiger charge is 2.37. The van der Waals surface area contributed by atoms with Gasteiger partial charge in [-0.05, 0) is 66.9 Å². The minimum atomic E-state index is -0.171. The molecule has 0 saturated carbocycles. The van der Waals surface area contributed by atoms with Crippen LogP contribution in [0.1, 0.15) is 25.0 Å². The molecule has 12 rings (SSSR count). The van der Waals surface area contributed by atoms with E-state index in [1.807, 2.05) is 0 Å². The highest BCUT2D eigenvalue weighted by Crippen LogP contribution is 2.53. The molecule has 1 aliphatic carbocycles. The molecule has 1 aliphatic rings. The molecule has 9 aromatic carbocycles. The second-order valence-corrected chi connectivity index (χ2v) is 16.1. The molecule has 272 valence electrons. The fourth-order valence-electron chi connectivity index (χ4n) is 9.88. The minimum absolute atomic E-state index is 0.171. The van der Waals surface area contributed by atoms with E-state index in [-0.39, 0.29) is 5.41 Å². The van der Waals surface area contributed by atoms with Crippen LogP contribution in [0.2, 0.25) is 0 Å². The Balaban J connectivity index is 1.22. The van der Waals surface area contributed by atoms with Gasteiger partial charge in [0, 0.05) is 38.3 Å². The molecule has 2 heterocycles. The molecule has 0 radical (unpaired) electrons. The lowest BCUT2D eigenvalue weighted by Gasteiger charge is -2.22. The molecule has 3 nitrogen and oxygen atoms in total. The van der Waals surface area contributed by atoms with E-state index in [4.69, 9.17) is 9.97 Å². The molecule has 0 spiro atoms. The van der Waals surface area contributed by atoms with Crippen LogP contribution in [0.3, 0.4) is 0 Å². The first-order chi connectivity index (χ1) is 28.5. The lowest BCUT2D eigenvalue weighted by atomic mass is 9.81. The normalized spacial score (nSPS) is 13.1. The fourth-order valence-corrected chi connectivity index (χ4v) is 9.88. The van der Waals surface area contributed by atoms with Crippen molar-refractivity contribution >= 4 is 54.1 Å². The van der Waals surface area contributed by atoms with Crippen molar-refractivity contribution in [2.75, 3.05) is 0 Å². The van der Waals surface area contributed by atoms with Crippen molar-refractivity contribution in [3.63, 3.8) is 0 Å². The Bertz CT molecular complexity index is 3410. The predicted molar refractivity (Wildman–Crippen MR) is 243 cm³/mol. The monoisotopic (exact) mass is 739 g/mol. The van der Waals surface area contributed by atoms with Crippen LogP contribution in [0.25, 0.3) is 105 Å². The summed E-state index contributed by atoms with van der Waals surface area (Å²) in [6.45, 7) is 4.75. The van der Waals surface area contributed by atoms with Crippen molar-refractivity contribution in [1.82, 2.24) is 14.5 Å². The standard InChI is InChI=1S/C55H37N3/c1-55(2)46-31-29-34-16-9-10-21-38(34)50(46)44-30-28-37(32-47(44)55)39-26-15-27-45-51-42-24-13-11-22-40(42)41-23-12-14-25-43(41)53(51)58(52(39)45)54-56-48(35-17-5-3-6-18-35)33-49(57-54)36-19-7-4-8-20-36/h3-33H,1-2H3. The highest BCUT2D eigenvalue weighted by atomic mass is 15.2. The van der Waals surface area contributed by atoms with Crippen molar-refractivity contribution in [2.24, 2.45) is 0 Å². The van der Waals surface area contributed by atoms with Crippen LogP contribution in [0.5, 0.6) is 0 Å². The van der Waals surface area contributed by atoms with Crippen LogP contribution < -0.4 is 0 Å². The van der Waals surface area contributed by atoms with Gasteiger partial charge >= 0.3 is 0 Å². The summed E-state index contributed by atoms with van der Waals surface area (Å²) in [6.07, 6.45) is 0. The van der Waals surface area contributed by atoms with Gasteiger partial charge in [0.2, 0.25) is 5.95 Å². The van der Waals surface area contributed by atoms with Gasteiger partial charge in [0.1, 0.15) is 0 Å². The first kappa shape index (κ1) is 32.8. The molecule has 0 fully saturated rings. The number of hydrogen-bond donors (Lipinski definition) is 0. The second-order valence-electron chi connectivity index (χ2n) is 16.1. The van der Waals surface area contributed by atoms with E-state index in [1.54, 1.807) is 0 Å². The van der Waals surface area contributed by atoms with Gasteiger partial charge in [0.05, 0.1) is 22.4 Å². The van der Waals surface area contributed by atoms with Gasteiger partial charge in [0.15, 0.2) is 0 Å². The number of aromatic nitrogens is 3. The maximum Gasteiger partial charge on any atom is 0.235 e. The zero-order valence-electron chi connectivity index (χ0n) is 32.2. The van der Waals surface area contributed by atoms with E-state index in [0.717, 1.165) is 39.1 Å². The van der Waals surface area contributed by atoms with Crippen LogP contribution in [0.4, 0.5) is 0 Å². The average Bonchev–Trinajstić information content (AvgIpc) is 3.76. The number of nitrogens with zero attached hydrogens (tertiary/aromatic N) is 3. The molecule has 58 heavy (non-hydrogen) atoms. The van der Waals surface area contributed by atoms with Crippen LogP contribution in [0, 0.1) is 0 Å². The largest absolute Gasteiger partial charge is 0.277 e. The van der Waals surface area contributed by atoms with Crippen LogP contribution in [-0.4, -0.2) is 14.5 Å². The molecule has 0 aliphatic heterocycles. The first-order valence-electron chi connectivity index (χ1n) is 20.1. The third-order valence-electron chi connectivity index (χ3n) is 12.6. The maximum atomic E-state index is 5.48. The molecule has 2 aromatic heterocycles. The maximum absolute atomic E-state index is 5.48. The molecule has 0 unspecified atom stereocenters. The second kappa shape index (κ2) is 12.3. The van der Waals surface area contributed by atoms with Crippen LogP contribution in [-0.2, 0) is 5.41 Å². The molecule has 0 amide bonds. The summed E-state index contributed by atoms with van der Waals surface area (Å²) in [5.74, 6) is 0.647. The first-order valence-corrected chi connectivity index (χ1v) is 20.1. The lowest BCUT2D eigenvalue weighted by Crippen LogP contribution is -2.15. The summed E-state index contributed by atoms with van der Waals surface area (Å²) >= 11 is 0. The minimum Gasteiger partial charge on any atom is -0.277 e. The third kappa shape index (κ3) is 4.68. The Hall–Kier alpha value is -7.36. The summed E-state index contributed by atoms with van der Waals surface area (Å²) in [6, 6.07) is 68.1. The molecule has 3 heteroatoms. The molecular weight excluding hydrogens is 703 g/mol. The van der Waals surface area contributed by atoms with E-state index < -0.39 is 0 Å². The van der Waals surface area contributed by atoms with Crippen LogP contribution in [0.15, 0.2) is 188 Å². The van der Waals surface area contributed by atoms with E-state index in [1.165, 1.54) is 70.9 Å². The Morgan fingerprint density at radius 1 is 0.397 bits per heavy atom. The summed E-state index contributed by atoms with van der Waals surface area (Å²) in [5.41, 5.74) is 13.6. The number of fused-ring (bicyclic) bond motifs is 13. The number of benzene rings is 9. The smallest absolute Gasteiger partial charge is 0.235 e. The van der Waals surface area contributed by atoms with Gasteiger partial charge in [-0.3, -0.25) is 4.57 Å². The van der Waals surface area contributed by atoms with Crippen LogP contribution >= 0.6 is 0 Å². The summed E-state index contributed by atoms with van der Waals surface area (Å²) < 4.78 is 2.37. The van der Waals surface area contributed by atoms with E-state index in [2.05, 4.69) is 206 Å². The average molecular weight is 740 g/mol. The number of rotatable bonds is 4. The molecule has 0 N–H and O–H groups in total. The fraction of sp³-hybridized carbons (Fsp3) is 0.0545. The van der Waals surface area contributed by atoms with E-state index >= 15 is 0 Å². The van der Waals surface area contributed by atoms with Crippen molar-refractivity contribution in [3.8, 4) is 50.7 Å². The molecule has 0 bridgehead atoms. The van der Waals surface area contributed by atoms with Gasteiger partial charge in [0.25, 0.3) is 0 Å². The summed E-state index contributed by atoms with van der Waals surface area (Å²) in [5, 5.41) is 9.81. The zero-order chi connectivity index (χ0) is 38.5. The quantitative estimate of drug-likeness (QED) is 0.168. The van der Waals surface area contributed by atoms with Crippen molar-refractivity contribution in [1.29, 1.82) is 0 Å². The summed E-state index contributed by atoms with van der Waals surface area (Å²) in [7, 11) is 0. The number of hydrogen-bond acceptors (Lipinski definition) is 2. The summed E-state index contributed by atoms with van der Waals surface area (Å²) in [4.78, 5) is 11.0. The third-order valence-corrected chi connectivity index (χ3v) is 12.6. The van der Waals surface area contributed by atoms with Crippen molar-refractivity contribution in [2.45, 2.75) is 19.3 Å². The van der Waals surface area contributed by atoms with Gasteiger partial charge in [-0.1, -0.05) is 190 Å². The van der Waals surface area contributed by atoms with Gasteiger partial charge < -0.3 is 0 Å². The van der Waals surface area contributed by atoms with Crippen molar-refractivity contribution < 1.29 is 0 Å². The Morgan fingerprint density at radius 3 is 1.69 bits per heavy atom. The predicted octanol–water partition coefficient (Wildman–Crippen LogP) is 14.3. The molecule has 0 saturated heterocycles. The lowest BCUT2D eigenvalue weighted by molar-refractivity contribution is 0.661. The topological polar surface area (TPSA) is 30.7 Å². The Kier molecular flexibility index (Phi) is 6.98.